The van der Waals surface area contributed by atoms with Gasteiger partial charge in [-0.15, -0.1) is 0 Å². The first kappa shape index (κ1) is 20.7. The van der Waals surface area contributed by atoms with Gasteiger partial charge in [-0.2, -0.15) is 12.6 Å². The molecule has 0 saturated heterocycles. The van der Waals surface area contributed by atoms with Gasteiger partial charge in [0.2, 0.25) is 0 Å². The van der Waals surface area contributed by atoms with Crippen LogP contribution in [0, 0.1) is 0 Å². The van der Waals surface area contributed by atoms with E-state index in [0.717, 1.165) is 5.56 Å². The second-order valence-electron chi connectivity index (χ2n) is 2.62. The Morgan fingerprint density at radius 2 is 1.50 bits per heavy atom. The van der Waals surface area contributed by atoms with Crippen molar-refractivity contribution in [3.8, 4) is 0 Å². The van der Waals surface area contributed by atoms with E-state index in [-0.39, 0.29) is 37.6 Å². The Morgan fingerprint density at radius 1 is 1.11 bits per heavy atom. The van der Waals surface area contributed by atoms with Crippen LogP contribution in [0.2, 0.25) is 0 Å². The SMILES string of the molecule is O=S(=O)(O)O.O=S(O)(=S)OCc1ccccc1.[H-].[Na+]. The zero-order valence-electron chi connectivity index (χ0n) is 10.3. The van der Waals surface area contributed by atoms with E-state index in [0.29, 0.717) is 0 Å². The Morgan fingerprint density at radius 3 is 1.83 bits per heavy atom. The van der Waals surface area contributed by atoms with E-state index in [1.807, 2.05) is 18.2 Å². The van der Waals surface area contributed by atoms with Crippen molar-refractivity contribution in [2.75, 3.05) is 0 Å². The average molecular weight is 326 g/mol. The Balaban J connectivity index is -0.000000320. The van der Waals surface area contributed by atoms with Gasteiger partial charge < -0.3 is 1.43 Å². The molecule has 0 aliphatic carbocycles. The summed E-state index contributed by atoms with van der Waals surface area (Å²) in [5, 5.41) is 0. The number of hydrogen-bond donors (Lipinski definition) is 3. The smallest absolute Gasteiger partial charge is 1.00 e. The normalized spacial score (nSPS) is 13.5. The Kier molecular flexibility index (Phi) is 10.7. The molecule has 0 aliphatic heterocycles. The van der Waals surface area contributed by atoms with Gasteiger partial charge in [0.15, 0.2) is 0 Å². The molecule has 100 valence electrons. The number of hydrogen-bond acceptors (Lipinski definition) is 5. The fourth-order valence-electron chi connectivity index (χ4n) is 0.717. The van der Waals surface area contributed by atoms with Crippen LogP contribution in [0.15, 0.2) is 30.3 Å². The van der Waals surface area contributed by atoms with Crippen LogP contribution in [0.1, 0.15) is 6.99 Å². The van der Waals surface area contributed by atoms with E-state index in [9.17, 15) is 4.21 Å². The summed E-state index contributed by atoms with van der Waals surface area (Å²) in [5.74, 6) is 0. The minimum Gasteiger partial charge on any atom is -1.00 e. The molecule has 3 N–H and O–H groups in total. The monoisotopic (exact) mass is 326 g/mol. The van der Waals surface area contributed by atoms with E-state index < -0.39 is 19.5 Å². The maximum absolute atomic E-state index is 10.5. The van der Waals surface area contributed by atoms with Crippen LogP contribution in [0.4, 0.5) is 0 Å². The van der Waals surface area contributed by atoms with Gasteiger partial charge in [0.25, 0.3) is 9.05 Å². The fourth-order valence-corrected chi connectivity index (χ4v) is 1.15. The van der Waals surface area contributed by atoms with Crippen molar-refractivity contribution in [2.24, 2.45) is 0 Å². The molecule has 11 heteroatoms. The molecule has 0 fully saturated rings. The van der Waals surface area contributed by atoms with Crippen LogP contribution in [-0.2, 0) is 41.4 Å². The summed E-state index contributed by atoms with van der Waals surface area (Å²) in [7, 11) is -8.16. The molecular weight excluding hydrogens is 315 g/mol. The van der Waals surface area contributed by atoms with Gasteiger partial charge in [-0.3, -0.25) is 17.8 Å². The predicted octanol–water partition coefficient (Wildman–Crippen LogP) is -2.20. The summed E-state index contributed by atoms with van der Waals surface area (Å²) in [6, 6.07) is 9.08. The summed E-state index contributed by atoms with van der Waals surface area (Å²) < 4.78 is 55.2. The largest absolute Gasteiger partial charge is 1.00 e. The summed E-state index contributed by atoms with van der Waals surface area (Å²) in [5.41, 5.74) is 0.823. The minimum absolute atomic E-state index is 0. The van der Waals surface area contributed by atoms with Gasteiger partial charge in [-0.05, 0) is 5.56 Å². The van der Waals surface area contributed by atoms with Gasteiger partial charge in [-0.25, -0.2) is 0 Å². The summed E-state index contributed by atoms with van der Waals surface area (Å²) >= 11 is 4.15. The topological polar surface area (TPSA) is 121 Å². The Hall–Kier alpha value is 0.380. The molecule has 0 heterocycles. The molecule has 1 aromatic rings. The van der Waals surface area contributed by atoms with E-state index in [1.54, 1.807) is 12.1 Å². The van der Waals surface area contributed by atoms with Crippen molar-refractivity contribution < 1.29 is 61.5 Å². The quantitative estimate of drug-likeness (QED) is 0.423. The van der Waals surface area contributed by atoms with Crippen molar-refractivity contribution in [3.05, 3.63) is 35.9 Å². The molecule has 0 aromatic heterocycles. The third-order valence-corrected chi connectivity index (χ3v) is 1.92. The predicted molar refractivity (Wildman–Crippen MR) is 64.7 cm³/mol. The van der Waals surface area contributed by atoms with Gasteiger partial charge >= 0.3 is 40.0 Å². The van der Waals surface area contributed by atoms with Crippen molar-refractivity contribution in [1.29, 1.82) is 0 Å². The van der Waals surface area contributed by atoms with E-state index in [4.69, 9.17) is 22.1 Å². The van der Waals surface area contributed by atoms with Gasteiger partial charge in [0.05, 0.1) is 6.61 Å². The van der Waals surface area contributed by atoms with E-state index in [1.165, 1.54) is 0 Å². The molecule has 0 aliphatic rings. The van der Waals surface area contributed by atoms with Crippen molar-refractivity contribution in [3.63, 3.8) is 0 Å². The molecule has 0 bridgehead atoms. The molecule has 0 spiro atoms. The number of rotatable bonds is 3. The Bertz CT molecular complexity index is 523. The van der Waals surface area contributed by atoms with Crippen LogP contribution in [0.3, 0.4) is 0 Å². The zero-order valence-corrected chi connectivity index (χ0v) is 13.7. The van der Waals surface area contributed by atoms with Gasteiger partial charge in [0, 0.05) is 11.2 Å². The van der Waals surface area contributed by atoms with Crippen LogP contribution in [0.25, 0.3) is 0 Å². The standard InChI is InChI=1S/C7H8O3S2.Na.H2O4S.H/c8-12(9,11)10-6-7-4-2-1-3-5-7;;1-5(2,3)4;/h1-5H,6H2,(H,8,9,11);;(H2,1,2,3,4);/q;+1;;-1. The van der Waals surface area contributed by atoms with Crippen molar-refractivity contribution >= 4 is 30.6 Å². The summed E-state index contributed by atoms with van der Waals surface area (Å²) in [6.07, 6.45) is 0. The molecule has 7 nitrogen and oxygen atoms in total. The average Bonchev–Trinajstić information content (AvgIpc) is 2.13. The van der Waals surface area contributed by atoms with Crippen LogP contribution in [-0.4, -0.2) is 26.3 Å². The minimum atomic E-state index is -4.67. The summed E-state index contributed by atoms with van der Waals surface area (Å²) in [6.45, 7) is 0.0691. The molecule has 1 rings (SSSR count). The molecule has 0 amide bonds. The van der Waals surface area contributed by atoms with Crippen LogP contribution in [0.5, 0.6) is 0 Å². The molecular formula is C7H11NaO7S3. The molecule has 0 saturated carbocycles. The third-order valence-electron chi connectivity index (χ3n) is 1.22. The third kappa shape index (κ3) is 18.7. The van der Waals surface area contributed by atoms with E-state index in [2.05, 4.69) is 15.4 Å². The molecule has 0 radical (unpaired) electrons. The second kappa shape index (κ2) is 9.31. The second-order valence-corrected chi connectivity index (χ2v) is 5.87. The molecule has 18 heavy (non-hydrogen) atoms. The van der Waals surface area contributed by atoms with Crippen LogP contribution < -0.4 is 29.6 Å². The first-order valence-corrected chi connectivity index (χ1v) is 7.70. The van der Waals surface area contributed by atoms with Crippen molar-refractivity contribution in [2.45, 2.75) is 6.61 Å². The number of benzene rings is 1. The molecule has 1 aromatic carbocycles. The van der Waals surface area contributed by atoms with Crippen LogP contribution >= 0.6 is 0 Å². The molecule has 1 atom stereocenters. The maximum atomic E-state index is 10.5. The Labute approximate surface area is 134 Å². The first-order chi connectivity index (χ1) is 7.58. The van der Waals surface area contributed by atoms with Crippen molar-refractivity contribution in [1.82, 2.24) is 0 Å². The van der Waals surface area contributed by atoms with Gasteiger partial charge in [0.1, 0.15) is 0 Å². The maximum Gasteiger partial charge on any atom is 1.00 e. The zero-order chi connectivity index (χ0) is 13.5. The van der Waals surface area contributed by atoms with Gasteiger partial charge in [-0.1, -0.05) is 30.3 Å². The fraction of sp³-hybridized carbons (Fsp3) is 0.143. The first-order valence-electron chi connectivity index (χ1n) is 3.93. The summed E-state index contributed by atoms with van der Waals surface area (Å²) in [4.78, 5) is 0. The van der Waals surface area contributed by atoms with E-state index >= 15 is 0 Å². The molecule has 1 unspecified atom stereocenters.